The molecule has 0 aliphatic carbocycles. The summed E-state index contributed by atoms with van der Waals surface area (Å²) in [6.45, 7) is 6.06. The molecule has 2 N–H and O–H groups in total. The molecule has 64 valence electrons. The molecule has 2 heteroatoms. The van der Waals surface area contributed by atoms with Gasteiger partial charge in [-0.3, -0.25) is 0 Å². The molecule has 1 aromatic rings. The Morgan fingerprint density at radius 3 is 2.92 bits per heavy atom. The van der Waals surface area contributed by atoms with Gasteiger partial charge >= 0.3 is 0 Å². The van der Waals surface area contributed by atoms with Gasteiger partial charge in [0.2, 0.25) is 0 Å². The average Bonchev–Trinajstić information content (AvgIpc) is 2.48. The number of rotatable bonds is 2. The predicted octanol–water partition coefficient (Wildman–Crippen LogP) is 0.505. The highest BCUT2D eigenvalue weighted by atomic mass is 16.3. The van der Waals surface area contributed by atoms with Crippen LogP contribution in [-0.2, 0) is 6.54 Å². The lowest BCUT2D eigenvalue weighted by Crippen LogP contribution is -2.23. The minimum absolute atomic E-state index is 0.497. The first kappa shape index (κ1) is 8.81. The maximum atomic E-state index is 5.52. The van der Waals surface area contributed by atoms with Crippen molar-refractivity contribution in [3.63, 3.8) is 0 Å². The van der Waals surface area contributed by atoms with Gasteiger partial charge in [-0.1, -0.05) is 18.7 Å². The third-order valence-electron chi connectivity index (χ3n) is 1.71. The molecule has 12 heavy (non-hydrogen) atoms. The van der Waals surface area contributed by atoms with Crippen LogP contribution in [0.3, 0.4) is 0 Å². The predicted molar refractivity (Wildman–Crippen MR) is 50.7 cm³/mol. The molecule has 0 atom stereocenters. The average molecular weight is 163 g/mol. The van der Waals surface area contributed by atoms with Gasteiger partial charge in [-0.2, -0.15) is 0 Å². The Hall–Kier alpha value is -1.28. The molecule has 0 aliphatic rings. The van der Waals surface area contributed by atoms with Crippen LogP contribution in [0.5, 0.6) is 0 Å². The zero-order chi connectivity index (χ0) is 8.97. The molecular weight excluding hydrogens is 150 g/mol. The van der Waals surface area contributed by atoms with E-state index in [1.807, 2.05) is 19.1 Å². The normalized spacial score (nSPS) is 13.8. The molecular formula is C10H13NO. The van der Waals surface area contributed by atoms with Crippen molar-refractivity contribution in [2.75, 3.05) is 0 Å². The van der Waals surface area contributed by atoms with Crippen LogP contribution in [0.25, 0.3) is 12.2 Å². The van der Waals surface area contributed by atoms with E-state index in [9.17, 15) is 0 Å². The second kappa shape index (κ2) is 3.93. The second-order valence-corrected chi connectivity index (χ2v) is 2.43. The zero-order valence-electron chi connectivity index (χ0n) is 7.21. The summed E-state index contributed by atoms with van der Waals surface area (Å²) in [6.07, 6.45) is 7.23. The van der Waals surface area contributed by atoms with Crippen molar-refractivity contribution < 1.29 is 4.42 Å². The number of hydrogen-bond donors (Lipinski definition) is 1. The van der Waals surface area contributed by atoms with Crippen LogP contribution >= 0.6 is 0 Å². The highest BCUT2D eigenvalue weighted by molar-refractivity contribution is 5.39. The summed E-state index contributed by atoms with van der Waals surface area (Å²) < 4.78 is 5.27. The monoisotopic (exact) mass is 163 g/mol. The summed E-state index contributed by atoms with van der Waals surface area (Å²) in [5.74, 6) is 0. The first-order valence-electron chi connectivity index (χ1n) is 3.89. The summed E-state index contributed by atoms with van der Waals surface area (Å²) >= 11 is 0. The second-order valence-electron chi connectivity index (χ2n) is 2.43. The van der Waals surface area contributed by atoms with E-state index >= 15 is 0 Å². The van der Waals surface area contributed by atoms with Crippen molar-refractivity contribution in [2.24, 2.45) is 5.73 Å². The molecule has 0 spiro atoms. The Morgan fingerprint density at radius 2 is 2.42 bits per heavy atom. The molecule has 0 radical (unpaired) electrons. The molecule has 0 aliphatic heterocycles. The number of furan rings is 1. The van der Waals surface area contributed by atoms with E-state index in [2.05, 4.69) is 6.58 Å². The Morgan fingerprint density at radius 1 is 1.67 bits per heavy atom. The standard InChI is InChI=1S/C10H13NO/c1-3-5-9-8(6-11)7-12-10(9)4-2/h3-5,7H,1,6,11H2,2H3/b9-5-,10-4+. The lowest BCUT2D eigenvalue weighted by molar-refractivity contribution is 0.528. The Bertz CT molecular complexity index is 373. The van der Waals surface area contributed by atoms with E-state index in [-0.39, 0.29) is 0 Å². The van der Waals surface area contributed by atoms with Gasteiger partial charge in [0.05, 0.1) is 6.26 Å². The molecule has 0 aromatic carbocycles. The number of hydrogen-bond acceptors (Lipinski definition) is 2. The lowest BCUT2D eigenvalue weighted by atomic mass is 10.2. The fourth-order valence-corrected chi connectivity index (χ4v) is 1.11. The van der Waals surface area contributed by atoms with Crippen LogP contribution in [0.15, 0.2) is 23.3 Å². The van der Waals surface area contributed by atoms with Gasteiger partial charge in [0.1, 0.15) is 5.42 Å². The van der Waals surface area contributed by atoms with Crippen LogP contribution in [0.4, 0.5) is 0 Å². The van der Waals surface area contributed by atoms with Gasteiger partial charge in [0.15, 0.2) is 0 Å². The van der Waals surface area contributed by atoms with Crippen molar-refractivity contribution in [3.05, 3.63) is 35.1 Å². The Balaban J connectivity index is 3.47. The first-order chi connectivity index (χ1) is 5.83. The lowest BCUT2D eigenvalue weighted by Gasteiger charge is -1.84. The van der Waals surface area contributed by atoms with Gasteiger partial charge in [0, 0.05) is 17.3 Å². The highest BCUT2D eigenvalue weighted by Crippen LogP contribution is 1.86. The molecule has 1 rings (SSSR count). The molecule has 0 unspecified atom stereocenters. The minimum atomic E-state index is 0.497. The number of allylic oxidation sites excluding steroid dienone is 1. The molecule has 0 saturated carbocycles. The van der Waals surface area contributed by atoms with Gasteiger partial charge in [-0.15, -0.1) is 0 Å². The summed E-state index contributed by atoms with van der Waals surface area (Å²) in [5, 5.41) is 1.04. The number of nitrogens with two attached hydrogens (primary N) is 1. The van der Waals surface area contributed by atoms with Gasteiger partial charge in [-0.05, 0) is 13.0 Å². The highest BCUT2D eigenvalue weighted by Gasteiger charge is 1.96. The Labute approximate surface area is 71.7 Å². The summed E-state index contributed by atoms with van der Waals surface area (Å²) in [4.78, 5) is 0. The molecule has 2 nitrogen and oxygen atoms in total. The maximum absolute atomic E-state index is 5.52. The molecule has 1 heterocycles. The van der Waals surface area contributed by atoms with Crippen LogP contribution in [0, 0.1) is 0 Å². The molecule has 1 aromatic heterocycles. The summed E-state index contributed by atoms with van der Waals surface area (Å²) in [6, 6.07) is 0. The third kappa shape index (κ3) is 1.48. The van der Waals surface area contributed by atoms with Gasteiger partial charge < -0.3 is 10.2 Å². The van der Waals surface area contributed by atoms with Crippen molar-refractivity contribution in [2.45, 2.75) is 13.5 Å². The van der Waals surface area contributed by atoms with Crippen molar-refractivity contribution >= 4 is 12.2 Å². The van der Waals surface area contributed by atoms with Crippen molar-refractivity contribution in [3.8, 4) is 0 Å². The third-order valence-corrected chi connectivity index (χ3v) is 1.71. The first-order valence-corrected chi connectivity index (χ1v) is 3.89. The van der Waals surface area contributed by atoms with Gasteiger partial charge in [0.25, 0.3) is 0 Å². The molecule has 0 saturated heterocycles. The topological polar surface area (TPSA) is 39.2 Å². The quantitative estimate of drug-likeness (QED) is 0.689. The molecule has 0 fully saturated rings. The van der Waals surface area contributed by atoms with E-state index in [0.717, 1.165) is 16.2 Å². The van der Waals surface area contributed by atoms with E-state index < -0.39 is 0 Å². The van der Waals surface area contributed by atoms with E-state index in [0.29, 0.717) is 6.54 Å². The molecule has 0 amide bonds. The van der Waals surface area contributed by atoms with E-state index in [1.165, 1.54) is 0 Å². The van der Waals surface area contributed by atoms with Gasteiger partial charge in [-0.25, -0.2) is 0 Å². The molecule has 0 bridgehead atoms. The van der Waals surface area contributed by atoms with Crippen LogP contribution in [-0.4, -0.2) is 0 Å². The van der Waals surface area contributed by atoms with Crippen molar-refractivity contribution in [1.29, 1.82) is 0 Å². The van der Waals surface area contributed by atoms with E-state index in [1.54, 1.807) is 12.3 Å². The summed E-state index contributed by atoms with van der Waals surface area (Å²) in [5.41, 5.74) is 7.39. The fourth-order valence-electron chi connectivity index (χ4n) is 1.11. The van der Waals surface area contributed by atoms with Crippen molar-refractivity contribution in [1.82, 2.24) is 0 Å². The van der Waals surface area contributed by atoms with E-state index in [4.69, 9.17) is 10.2 Å². The zero-order valence-corrected chi connectivity index (χ0v) is 7.21. The largest absolute Gasteiger partial charge is 0.464 e. The Kier molecular flexibility index (Phi) is 2.88. The van der Waals surface area contributed by atoms with Crippen LogP contribution in [0.1, 0.15) is 12.5 Å². The maximum Gasteiger partial charge on any atom is 0.129 e. The minimum Gasteiger partial charge on any atom is -0.464 e. The smallest absolute Gasteiger partial charge is 0.129 e. The van der Waals surface area contributed by atoms with Crippen LogP contribution < -0.4 is 16.4 Å². The van der Waals surface area contributed by atoms with Crippen LogP contribution in [0.2, 0.25) is 0 Å². The SMILES string of the molecule is C=C/C=c1/c(CN)co/c1=C/C. The fraction of sp³-hybridized carbons (Fsp3) is 0.200. The summed E-state index contributed by atoms with van der Waals surface area (Å²) in [7, 11) is 0.